The summed E-state index contributed by atoms with van der Waals surface area (Å²) in [6.07, 6.45) is 1.84. The van der Waals surface area contributed by atoms with Crippen molar-refractivity contribution in [1.82, 2.24) is 16.5 Å². The van der Waals surface area contributed by atoms with Crippen molar-refractivity contribution in [3.8, 4) is 17.2 Å². The van der Waals surface area contributed by atoms with E-state index in [-0.39, 0.29) is 18.0 Å². The Bertz CT molecular complexity index is 1160. The number of hydrazine groups is 2. The van der Waals surface area contributed by atoms with Crippen LogP contribution in [0.5, 0.6) is 17.2 Å². The van der Waals surface area contributed by atoms with Gasteiger partial charge in [0.2, 0.25) is 0 Å². The fourth-order valence-electron chi connectivity index (χ4n) is 3.58. The molecule has 176 valence electrons. The first-order valence-electron chi connectivity index (χ1n) is 11.2. The largest absolute Gasteiger partial charge is 0.507 e. The molecule has 0 saturated carbocycles. The van der Waals surface area contributed by atoms with Gasteiger partial charge in [0.15, 0.2) is 11.6 Å². The summed E-state index contributed by atoms with van der Waals surface area (Å²) in [5.41, 5.74) is 11.0. The van der Waals surface area contributed by atoms with Crippen LogP contribution in [0.1, 0.15) is 39.9 Å². The predicted octanol–water partition coefficient (Wildman–Crippen LogP) is 3.64. The maximum Gasteiger partial charge on any atom is 0.170 e. The lowest BCUT2D eigenvalue weighted by molar-refractivity contribution is 0.0990. The number of carbonyl (C=O) groups excluding carboxylic acids is 1. The normalized spacial score (nSPS) is 12.4. The SMILES string of the molecule is Cc1c(OCCCCOc2cccc(C3=NNNN3)c2)ccc(C(=O)Cc2ccccc2)c1O. The molecule has 0 amide bonds. The molecule has 0 aromatic heterocycles. The molecule has 8 heteroatoms. The second-order valence-corrected chi connectivity index (χ2v) is 7.92. The van der Waals surface area contributed by atoms with Crippen molar-refractivity contribution in [1.29, 1.82) is 0 Å². The summed E-state index contributed by atoms with van der Waals surface area (Å²) >= 11 is 0. The van der Waals surface area contributed by atoms with Crippen molar-refractivity contribution in [3.05, 3.63) is 89.0 Å². The monoisotopic (exact) mass is 460 g/mol. The smallest absolute Gasteiger partial charge is 0.170 e. The van der Waals surface area contributed by atoms with Gasteiger partial charge in [-0.15, -0.1) is 10.6 Å². The molecule has 0 aliphatic carbocycles. The maximum absolute atomic E-state index is 12.6. The highest BCUT2D eigenvalue weighted by Crippen LogP contribution is 2.31. The van der Waals surface area contributed by atoms with E-state index in [9.17, 15) is 9.90 Å². The molecule has 0 unspecified atom stereocenters. The van der Waals surface area contributed by atoms with E-state index in [1.54, 1.807) is 19.1 Å². The quantitative estimate of drug-likeness (QED) is 0.256. The molecule has 0 bridgehead atoms. The summed E-state index contributed by atoms with van der Waals surface area (Å²) in [5, 5.41) is 14.6. The average molecular weight is 461 g/mol. The van der Waals surface area contributed by atoms with Gasteiger partial charge in [0, 0.05) is 17.5 Å². The molecule has 8 nitrogen and oxygen atoms in total. The van der Waals surface area contributed by atoms with Crippen LogP contribution in [0, 0.1) is 6.92 Å². The van der Waals surface area contributed by atoms with Crippen molar-refractivity contribution < 1.29 is 19.4 Å². The Hall–Kier alpha value is -4.04. The highest BCUT2D eigenvalue weighted by atomic mass is 16.5. The molecule has 1 aliphatic rings. The van der Waals surface area contributed by atoms with Gasteiger partial charge < -0.3 is 14.6 Å². The van der Waals surface area contributed by atoms with Gasteiger partial charge in [0.05, 0.1) is 18.8 Å². The molecule has 0 radical (unpaired) electrons. The van der Waals surface area contributed by atoms with E-state index in [1.165, 1.54) is 0 Å². The third-order valence-electron chi connectivity index (χ3n) is 5.47. The molecule has 4 rings (SSSR count). The number of hydrogen-bond acceptors (Lipinski definition) is 8. The summed E-state index contributed by atoms with van der Waals surface area (Å²) < 4.78 is 11.7. The number of phenols is 1. The van der Waals surface area contributed by atoms with E-state index in [0.29, 0.717) is 35.9 Å². The van der Waals surface area contributed by atoms with Crippen molar-refractivity contribution >= 4 is 11.6 Å². The van der Waals surface area contributed by atoms with E-state index in [0.717, 1.165) is 29.7 Å². The molecule has 0 spiro atoms. The fraction of sp³-hybridized carbons (Fsp3) is 0.231. The van der Waals surface area contributed by atoms with E-state index in [4.69, 9.17) is 9.47 Å². The van der Waals surface area contributed by atoms with Crippen LogP contribution in [0.4, 0.5) is 0 Å². The molecule has 34 heavy (non-hydrogen) atoms. The van der Waals surface area contributed by atoms with E-state index < -0.39 is 0 Å². The number of carbonyl (C=O) groups is 1. The van der Waals surface area contributed by atoms with E-state index in [2.05, 4.69) is 21.6 Å². The predicted molar refractivity (Wildman–Crippen MR) is 130 cm³/mol. The van der Waals surface area contributed by atoms with Gasteiger partial charge >= 0.3 is 0 Å². The first kappa shape index (κ1) is 23.1. The van der Waals surface area contributed by atoms with Crippen molar-refractivity contribution in [2.45, 2.75) is 26.2 Å². The number of unbranched alkanes of at least 4 members (excludes halogenated alkanes) is 1. The Morgan fingerprint density at radius 3 is 2.53 bits per heavy atom. The minimum atomic E-state index is -0.122. The number of phenolic OH excluding ortho intramolecular Hbond substituents is 1. The zero-order valence-electron chi connectivity index (χ0n) is 19.0. The second-order valence-electron chi connectivity index (χ2n) is 7.92. The van der Waals surface area contributed by atoms with Gasteiger partial charge in [0.1, 0.15) is 17.2 Å². The third-order valence-corrected chi connectivity index (χ3v) is 5.47. The van der Waals surface area contributed by atoms with E-state index >= 15 is 0 Å². The van der Waals surface area contributed by atoms with Crippen molar-refractivity contribution in [3.63, 3.8) is 0 Å². The van der Waals surface area contributed by atoms with Crippen LogP contribution in [0.3, 0.4) is 0 Å². The number of benzene rings is 3. The summed E-state index contributed by atoms with van der Waals surface area (Å²) in [6.45, 7) is 2.80. The number of nitrogens with zero attached hydrogens (tertiary/aromatic N) is 1. The molecule has 1 heterocycles. The molecule has 1 aliphatic heterocycles. The zero-order valence-corrected chi connectivity index (χ0v) is 19.0. The highest BCUT2D eigenvalue weighted by molar-refractivity contribution is 6.00. The molecular weight excluding hydrogens is 432 g/mol. The lowest BCUT2D eigenvalue weighted by atomic mass is 10.00. The third kappa shape index (κ3) is 5.85. The van der Waals surface area contributed by atoms with Crippen LogP contribution in [0.2, 0.25) is 0 Å². The summed E-state index contributed by atoms with van der Waals surface area (Å²) in [6, 6.07) is 20.6. The first-order valence-corrected chi connectivity index (χ1v) is 11.2. The van der Waals surface area contributed by atoms with Crippen LogP contribution in [0.15, 0.2) is 71.8 Å². The lowest BCUT2D eigenvalue weighted by Gasteiger charge is -2.13. The second kappa shape index (κ2) is 11.2. The molecule has 0 atom stereocenters. The van der Waals surface area contributed by atoms with Gasteiger partial charge in [-0.25, -0.2) is 5.53 Å². The van der Waals surface area contributed by atoms with Crippen LogP contribution >= 0.6 is 0 Å². The summed E-state index contributed by atoms with van der Waals surface area (Å²) in [4.78, 5) is 12.6. The van der Waals surface area contributed by atoms with Gasteiger partial charge in [-0.2, -0.15) is 0 Å². The molecule has 0 saturated heterocycles. The lowest BCUT2D eigenvalue weighted by Crippen LogP contribution is -2.35. The number of hydrogen-bond donors (Lipinski definition) is 4. The number of ketones is 1. The standard InChI is InChI=1S/C26H28N4O4/c1-18-24(13-12-22(25(18)32)23(31)16-19-8-3-2-4-9-19)34-15-6-5-14-33-21-11-7-10-20(17-21)26-27-29-30-28-26/h2-4,7-13,17,29-30,32H,5-6,14-16H2,1H3,(H,27,28). The molecule has 3 aromatic carbocycles. The van der Waals surface area contributed by atoms with E-state index in [1.807, 2.05) is 54.6 Å². The van der Waals surface area contributed by atoms with Gasteiger partial charge in [0.25, 0.3) is 0 Å². The Morgan fingerprint density at radius 2 is 1.76 bits per heavy atom. The molecule has 0 fully saturated rings. The molecule has 3 aromatic rings. The molecule has 4 N–H and O–H groups in total. The number of aromatic hydroxyl groups is 1. The topological polar surface area (TPSA) is 104 Å². The first-order chi connectivity index (χ1) is 16.6. The number of nitrogens with one attached hydrogen (secondary N) is 3. The Labute approximate surface area is 198 Å². The fourth-order valence-corrected chi connectivity index (χ4v) is 3.58. The maximum atomic E-state index is 12.6. The van der Waals surface area contributed by atoms with Crippen LogP contribution < -0.4 is 26.0 Å². The summed E-state index contributed by atoms with van der Waals surface area (Å²) in [5.74, 6) is 1.90. The van der Waals surface area contributed by atoms with Crippen LogP contribution in [-0.4, -0.2) is 29.9 Å². The zero-order chi connectivity index (χ0) is 23.8. The minimum Gasteiger partial charge on any atom is -0.507 e. The molecular formula is C26H28N4O4. The van der Waals surface area contributed by atoms with Crippen LogP contribution in [-0.2, 0) is 6.42 Å². The van der Waals surface area contributed by atoms with Crippen LogP contribution in [0.25, 0.3) is 0 Å². The minimum absolute atomic E-state index is 0.0200. The van der Waals surface area contributed by atoms with Gasteiger partial charge in [-0.1, -0.05) is 42.5 Å². The van der Waals surface area contributed by atoms with Crippen molar-refractivity contribution in [2.24, 2.45) is 5.10 Å². The Balaban J connectivity index is 1.22. The number of amidine groups is 1. The number of rotatable bonds is 11. The highest BCUT2D eigenvalue weighted by Gasteiger charge is 2.16. The Kier molecular flexibility index (Phi) is 7.62. The van der Waals surface area contributed by atoms with Gasteiger partial charge in [-0.05, 0) is 49.6 Å². The number of Topliss-reactive ketones (excluding diaryl/α,β-unsaturated/α-hetero) is 1. The number of ether oxygens (including phenoxy) is 2. The number of hydrazone groups is 1. The summed E-state index contributed by atoms with van der Waals surface area (Å²) in [7, 11) is 0. The van der Waals surface area contributed by atoms with Gasteiger partial charge in [-0.3, -0.25) is 10.2 Å². The van der Waals surface area contributed by atoms with Crippen molar-refractivity contribution in [2.75, 3.05) is 13.2 Å². The Morgan fingerprint density at radius 1 is 0.971 bits per heavy atom. The average Bonchev–Trinajstić information content (AvgIpc) is 3.40.